The van der Waals surface area contributed by atoms with Gasteiger partial charge in [0.05, 0.1) is 6.54 Å². The monoisotopic (exact) mass is 447 g/mol. The van der Waals surface area contributed by atoms with Crippen LogP contribution in [0.25, 0.3) is 0 Å². The minimum atomic E-state index is 0. The quantitative estimate of drug-likeness (QED) is 0.283. The second-order valence-electron chi connectivity index (χ2n) is 6.99. The summed E-state index contributed by atoms with van der Waals surface area (Å²) < 4.78 is 0. The van der Waals surface area contributed by atoms with Gasteiger partial charge in [-0.3, -0.25) is 14.8 Å². The highest BCUT2D eigenvalue weighted by atomic mass is 127. The summed E-state index contributed by atoms with van der Waals surface area (Å²) in [7, 11) is 0. The van der Waals surface area contributed by atoms with Crippen molar-refractivity contribution >= 4 is 29.9 Å². The van der Waals surface area contributed by atoms with Crippen molar-refractivity contribution < 1.29 is 0 Å². The lowest BCUT2D eigenvalue weighted by atomic mass is 9.97. The largest absolute Gasteiger partial charge is 0.357 e. The molecule has 0 radical (unpaired) electrons. The number of piperazine rings is 3. The molecule has 0 aromatic carbocycles. The van der Waals surface area contributed by atoms with E-state index in [9.17, 15) is 0 Å². The molecule has 0 aromatic heterocycles. The number of guanidine groups is 1. The molecular weight excluding hydrogens is 413 g/mol. The number of hydrogen-bond donors (Lipinski definition) is 2. The van der Waals surface area contributed by atoms with Crippen LogP contribution in [-0.4, -0.2) is 74.2 Å². The molecule has 6 heteroatoms. The molecule has 4 rings (SSSR count). The first-order valence-electron chi connectivity index (χ1n) is 9.51. The first-order chi connectivity index (χ1) is 11.3. The van der Waals surface area contributed by atoms with Crippen molar-refractivity contribution in [1.29, 1.82) is 0 Å². The van der Waals surface area contributed by atoms with Crippen LogP contribution in [-0.2, 0) is 0 Å². The molecule has 1 aliphatic carbocycles. The molecule has 138 valence electrons. The summed E-state index contributed by atoms with van der Waals surface area (Å²) in [5, 5.41) is 6.91. The molecule has 3 heterocycles. The Morgan fingerprint density at radius 1 is 1.21 bits per heavy atom. The van der Waals surface area contributed by atoms with Gasteiger partial charge < -0.3 is 10.6 Å². The highest BCUT2D eigenvalue weighted by Crippen LogP contribution is 2.19. The lowest BCUT2D eigenvalue weighted by Crippen LogP contribution is -2.62. The van der Waals surface area contributed by atoms with E-state index in [1.807, 2.05) is 0 Å². The number of allylic oxidation sites excluding steroid dienone is 1. The van der Waals surface area contributed by atoms with Gasteiger partial charge in [-0.05, 0) is 39.0 Å². The number of nitrogens with zero attached hydrogens (tertiary/aromatic N) is 3. The molecule has 5 nitrogen and oxygen atoms in total. The molecule has 4 aliphatic rings. The maximum atomic E-state index is 4.85. The Bertz CT molecular complexity index is 429. The van der Waals surface area contributed by atoms with E-state index in [0.717, 1.165) is 32.0 Å². The van der Waals surface area contributed by atoms with E-state index in [0.29, 0.717) is 6.04 Å². The number of hydrogen-bond acceptors (Lipinski definition) is 3. The van der Waals surface area contributed by atoms with Gasteiger partial charge in [0.25, 0.3) is 0 Å². The molecule has 0 spiro atoms. The van der Waals surface area contributed by atoms with Gasteiger partial charge >= 0.3 is 0 Å². The molecule has 3 saturated heterocycles. The van der Waals surface area contributed by atoms with Gasteiger partial charge in [0.15, 0.2) is 5.96 Å². The zero-order chi connectivity index (χ0) is 15.9. The van der Waals surface area contributed by atoms with Crippen LogP contribution < -0.4 is 10.6 Å². The molecular formula is C18H34IN5. The van der Waals surface area contributed by atoms with E-state index >= 15 is 0 Å². The van der Waals surface area contributed by atoms with Crippen molar-refractivity contribution in [3.8, 4) is 0 Å². The van der Waals surface area contributed by atoms with E-state index < -0.39 is 0 Å². The molecule has 24 heavy (non-hydrogen) atoms. The molecule has 0 aromatic rings. The summed E-state index contributed by atoms with van der Waals surface area (Å²) >= 11 is 0. The fourth-order valence-electron chi connectivity index (χ4n) is 3.91. The smallest absolute Gasteiger partial charge is 0.191 e. The molecule has 0 saturated carbocycles. The van der Waals surface area contributed by atoms with Crippen LogP contribution in [0.5, 0.6) is 0 Å². The fourth-order valence-corrected chi connectivity index (χ4v) is 3.91. The second-order valence-corrected chi connectivity index (χ2v) is 6.99. The van der Waals surface area contributed by atoms with Crippen LogP contribution in [0.4, 0.5) is 0 Å². The molecule has 3 aliphatic heterocycles. The first kappa shape index (κ1) is 20.0. The van der Waals surface area contributed by atoms with Crippen LogP contribution in [0.2, 0.25) is 0 Å². The summed E-state index contributed by atoms with van der Waals surface area (Å²) in [6.45, 7) is 11.1. The highest BCUT2D eigenvalue weighted by Gasteiger charge is 2.31. The minimum Gasteiger partial charge on any atom is -0.357 e. The first-order valence-corrected chi connectivity index (χ1v) is 9.51. The normalized spacial score (nSPS) is 29.6. The number of rotatable bonds is 6. The van der Waals surface area contributed by atoms with E-state index in [-0.39, 0.29) is 24.0 Å². The number of halogens is 1. The summed E-state index contributed by atoms with van der Waals surface area (Å²) in [5.74, 6) is 0.988. The predicted octanol–water partition coefficient (Wildman–Crippen LogP) is 2.05. The topological polar surface area (TPSA) is 42.9 Å². The van der Waals surface area contributed by atoms with E-state index in [2.05, 4.69) is 33.4 Å². The summed E-state index contributed by atoms with van der Waals surface area (Å²) in [4.78, 5) is 10.0. The Morgan fingerprint density at radius 3 is 2.67 bits per heavy atom. The maximum absolute atomic E-state index is 4.85. The molecule has 0 amide bonds. The molecule has 2 N–H and O–H groups in total. The Labute approximate surface area is 164 Å². The Hall–Kier alpha value is -0.340. The number of aliphatic imine (C=N–C) groups is 1. The average molecular weight is 447 g/mol. The van der Waals surface area contributed by atoms with E-state index in [4.69, 9.17) is 4.99 Å². The van der Waals surface area contributed by atoms with Gasteiger partial charge in [-0.2, -0.15) is 0 Å². The van der Waals surface area contributed by atoms with E-state index in [1.165, 1.54) is 58.4 Å². The predicted molar refractivity (Wildman–Crippen MR) is 112 cm³/mol. The number of fused-ring (bicyclic) bond motifs is 3. The third kappa shape index (κ3) is 5.88. The molecule has 3 fully saturated rings. The van der Waals surface area contributed by atoms with Crippen molar-refractivity contribution in [1.82, 2.24) is 20.4 Å². The molecule has 2 bridgehead atoms. The zero-order valence-corrected chi connectivity index (χ0v) is 17.4. The summed E-state index contributed by atoms with van der Waals surface area (Å²) in [6, 6.07) is 0.606. The van der Waals surface area contributed by atoms with Crippen molar-refractivity contribution in [2.45, 2.75) is 45.1 Å². The fraction of sp³-hybridized carbons (Fsp3) is 0.833. The lowest BCUT2D eigenvalue weighted by Gasteiger charge is -2.47. The third-order valence-electron chi connectivity index (χ3n) is 5.32. The number of nitrogens with one attached hydrogen (secondary N) is 2. The summed E-state index contributed by atoms with van der Waals surface area (Å²) in [6.07, 6.45) is 8.91. The molecule has 1 atom stereocenters. The minimum absolute atomic E-state index is 0. The van der Waals surface area contributed by atoms with Crippen molar-refractivity contribution in [3.63, 3.8) is 0 Å². The van der Waals surface area contributed by atoms with Crippen LogP contribution >= 0.6 is 24.0 Å². The van der Waals surface area contributed by atoms with Gasteiger partial charge in [-0.15, -0.1) is 24.0 Å². The van der Waals surface area contributed by atoms with Gasteiger partial charge in [0.2, 0.25) is 0 Å². The maximum Gasteiger partial charge on any atom is 0.191 e. The zero-order valence-electron chi connectivity index (χ0n) is 15.1. The Kier molecular flexibility index (Phi) is 8.83. The summed E-state index contributed by atoms with van der Waals surface area (Å²) in [5.41, 5.74) is 1.63. The van der Waals surface area contributed by atoms with Crippen LogP contribution in [0, 0.1) is 0 Å². The van der Waals surface area contributed by atoms with Crippen molar-refractivity contribution in [3.05, 3.63) is 11.6 Å². The Balaban J connectivity index is 0.00000208. The van der Waals surface area contributed by atoms with Crippen molar-refractivity contribution in [2.75, 3.05) is 52.4 Å². The van der Waals surface area contributed by atoms with E-state index in [1.54, 1.807) is 5.57 Å². The van der Waals surface area contributed by atoms with Crippen LogP contribution in [0.15, 0.2) is 16.6 Å². The van der Waals surface area contributed by atoms with Gasteiger partial charge in [0.1, 0.15) is 0 Å². The standard InChI is InChI=1S/C18H33N5.HI/c1-2-19-18(20-9-8-16-6-4-3-5-7-16)21-14-17-15-22-10-12-23(17)13-11-22;/h6,17H,2-5,7-15H2,1H3,(H2,19,20,21);1H. The SMILES string of the molecule is CCNC(=NCC1CN2CCN1CC2)NCCC1=CCCCC1.I. The second kappa shape index (κ2) is 10.6. The van der Waals surface area contributed by atoms with Gasteiger partial charge in [-0.1, -0.05) is 11.6 Å². The highest BCUT2D eigenvalue weighted by molar-refractivity contribution is 14.0. The Morgan fingerprint density at radius 2 is 2.04 bits per heavy atom. The van der Waals surface area contributed by atoms with Crippen molar-refractivity contribution in [2.24, 2.45) is 4.99 Å². The third-order valence-corrected chi connectivity index (χ3v) is 5.32. The lowest BCUT2D eigenvalue weighted by molar-refractivity contribution is 0.0174. The average Bonchev–Trinajstić information content (AvgIpc) is 2.61. The van der Waals surface area contributed by atoms with Gasteiger partial charge in [-0.25, -0.2) is 0 Å². The van der Waals surface area contributed by atoms with Crippen LogP contribution in [0.3, 0.4) is 0 Å². The van der Waals surface area contributed by atoms with Gasteiger partial charge in [0, 0.05) is 51.9 Å². The van der Waals surface area contributed by atoms with Crippen LogP contribution in [0.1, 0.15) is 39.0 Å². The molecule has 1 unspecified atom stereocenters.